The lowest BCUT2D eigenvalue weighted by atomic mass is 9.81. The van der Waals surface area contributed by atoms with E-state index in [0.29, 0.717) is 12.3 Å². The fourth-order valence-electron chi connectivity index (χ4n) is 5.05. The van der Waals surface area contributed by atoms with Crippen molar-refractivity contribution in [2.75, 3.05) is 37.6 Å². The standard InChI is InChI=1S/C26H36N4O/c31-25(28-26(22-10-3-1-4-11-22)23-12-5-2-6-13-23)15-9-17-29-18-20-30(21-19-29)24-14-7-8-16-27-24/h1,3-4,7-8,10-11,14,16,23,26H,2,5-6,9,12-13,15,17-21H2,(H,28,31). The van der Waals surface area contributed by atoms with Crippen molar-refractivity contribution in [1.82, 2.24) is 15.2 Å². The first kappa shape index (κ1) is 21.8. The summed E-state index contributed by atoms with van der Waals surface area (Å²) in [6.45, 7) is 5.06. The molecule has 1 unspecified atom stereocenters. The van der Waals surface area contributed by atoms with E-state index in [9.17, 15) is 4.79 Å². The van der Waals surface area contributed by atoms with Gasteiger partial charge in [-0.25, -0.2) is 4.98 Å². The molecule has 1 saturated carbocycles. The van der Waals surface area contributed by atoms with Crippen molar-refractivity contribution in [2.24, 2.45) is 5.92 Å². The fraction of sp³-hybridized carbons (Fsp3) is 0.538. The zero-order valence-corrected chi connectivity index (χ0v) is 18.6. The van der Waals surface area contributed by atoms with Gasteiger partial charge in [-0.3, -0.25) is 9.69 Å². The number of amides is 1. The average molecular weight is 421 g/mol. The second-order valence-corrected chi connectivity index (χ2v) is 8.97. The summed E-state index contributed by atoms with van der Waals surface area (Å²) in [5, 5.41) is 3.40. The Morgan fingerprint density at radius 1 is 0.968 bits per heavy atom. The fourth-order valence-corrected chi connectivity index (χ4v) is 5.05. The van der Waals surface area contributed by atoms with Crippen molar-refractivity contribution in [3.63, 3.8) is 0 Å². The number of anilines is 1. The summed E-state index contributed by atoms with van der Waals surface area (Å²) < 4.78 is 0. The molecule has 1 aliphatic heterocycles. The third-order valence-corrected chi connectivity index (χ3v) is 6.82. The number of carbonyl (C=O) groups excluding carboxylic acids is 1. The van der Waals surface area contributed by atoms with E-state index in [1.54, 1.807) is 0 Å². The lowest BCUT2D eigenvalue weighted by Crippen LogP contribution is -2.47. The summed E-state index contributed by atoms with van der Waals surface area (Å²) in [5.74, 6) is 1.84. The Bertz CT molecular complexity index is 784. The number of benzene rings is 1. The van der Waals surface area contributed by atoms with Gasteiger partial charge in [0.05, 0.1) is 6.04 Å². The minimum absolute atomic E-state index is 0.163. The first-order chi connectivity index (χ1) is 15.3. The van der Waals surface area contributed by atoms with Crippen molar-refractivity contribution < 1.29 is 4.79 Å². The van der Waals surface area contributed by atoms with Crippen LogP contribution in [0.3, 0.4) is 0 Å². The number of rotatable bonds is 8. The molecular formula is C26H36N4O. The molecule has 1 N–H and O–H groups in total. The lowest BCUT2D eigenvalue weighted by molar-refractivity contribution is -0.122. The van der Waals surface area contributed by atoms with Crippen LogP contribution in [0.15, 0.2) is 54.7 Å². The monoisotopic (exact) mass is 420 g/mol. The molecule has 1 saturated heterocycles. The Morgan fingerprint density at radius 2 is 1.71 bits per heavy atom. The molecule has 1 atom stereocenters. The van der Waals surface area contributed by atoms with E-state index < -0.39 is 0 Å². The topological polar surface area (TPSA) is 48.5 Å². The molecule has 31 heavy (non-hydrogen) atoms. The highest BCUT2D eigenvalue weighted by atomic mass is 16.1. The highest BCUT2D eigenvalue weighted by Crippen LogP contribution is 2.34. The summed E-state index contributed by atoms with van der Waals surface area (Å²) in [6.07, 6.45) is 9.73. The molecule has 2 aromatic rings. The number of nitrogens with one attached hydrogen (secondary N) is 1. The van der Waals surface area contributed by atoms with Gasteiger partial charge in [0.15, 0.2) is 0 Å². The number of carbonyl (C=O) groups is 1. The van der Waals surface area contributed by atoms with Gasteiger partial charge in [-0.15, -0.1) is 0 Å². The third kappa shape index (κ3) is 6.30. The predicted molar refractivity (Wildman–Crippen MR) is 126 cm³/mol. The summed E-state index contributed by atoms with van der Waals surface area (Å²) in [4.78, 5) is 22.1. The van der Waals surface area contributed by atoms with Crippen LogP contribution in [0.5, 0.6) is 0 Å². The van der Waals surface area contributed by atoms with Crippen LogP contribution in [0.2, 0.25) is 0 Å². The molecule has 5 nitrogen and oxygen atoms in total. The van der Waals surface area contributed by atoms with Gasteiger partial charge < -0.3 is 10.2 Å². The molecule has 4 rings (SSSR count). The molecule has 1 amide bonds. The van der Waals surface area contributed by atoms with Crippen molar-refractivity contribution in [2.45, 2.75) is 51.0 Å². The maximum atomic E-state index is 12.8. The molecule has 0 spiro atoms. The first-order valence-electron chi connectivity index (χ1n) is 12.0. The molecule has 1 aliphatic carbocycles. The maximum Gasteiger partial charge on any atom is 0.220 e. The van der Waals surface area contributed by atoms with Crippen LogP contribution in [0, 0.1) is 5.92 Å². The largest absolute Gasteiger partial charge is 0.354 e. The zero-order chi connectivity index (χ0) is 21.3. The molecule has 2 fully saturated rings. The average Bonchev–Trinajstić information content (AvgIpc) is 2.85. The van der Waals surface area contributed by atoms with Gasteiger partial charge in [-0.2, -0.15) is 0 Å². The quantitative estimate of drug-likeness (QED) is 0.687. The molecule has 1 aromatic heterocycles. The molecular weight excluding hydrogens is 384 g/mol. The first-order valence-corrected chi connectivity index (χ1v) is 12.0. The second-order valence-electron chi connectivity index (χ2n) is 8.97. The number of pyridine rings is 1. The van der Waals surface area contributed by atoms with E-state index in [1.807, 2.05) is 18.3 Å². The van der Waals surface area contributed by atoms with E-state index in [4.69, 9.17) is 0 Å². The Kier molecular flexibility index (Phi) is 7.94. The van der Waals surface area contributed by atoms with E-state index in [1.165, 1.54) is 37.7 Å². The Hall–Kier alpha value is -2.40. The van der Waals surface area contributed by atoms with Crippen LogP contribution in [-0.2, 0) is 4.79 Å². The maximum absolute atomic E-state index is 12.8. The van der Waals surface area contributed by atoms with Gasteiger partial charge in [-0.1, -0.05) is 55.7 Å². The lowest BCUT2D eigenvalue weighted by Gasteiger charge is -2.35. The van der Waals surface area contributed by atoms with Gasteiger partial charge in [0, 0.05) is 38.8 Å². The van der Waals surface area contributed by atoms with Gasteiger partial charge in [-0.05, 0) is 49.4 Å². The molecule has 5 heteroatoms. The van der Waals surface area contributed by atoms with Crippen LogP contribution in [0.1, 0.15) is 56.6 Å². The van der Waals surface area contributed by atoms with Gasteiger partial charge in [0.2, 0.25) is 5.91 Å². The van der Waals surface area contributed by atoms with Crippen LogP contribution in [-0.4, -0.2) is 48.5 Å². The van der Waals surface area contributed by atoms with Gasteiger partial charge in [0.1, 0.15) is 5.82 Å². The second kappa shape index (κ2) is 11.3. The molecule has 0 radical (unpaired) electrons. The molecule has 166 valence electrons. The van der Waals surface area contributed by atoms with E-state index in [0.717, 1.165) is 45.0 Å². The van der Waals surface area contributed by atoms with Gasteiger partial charge in [0.25, 0.3) is 0 Å². The minimum atomic E-state index is 0.163. The van der Waals surface area contributed by atoms with Crippen LogP contribution in [0.25, 0.3) is 0 Å². The summed E-state index contributed by atoms with van der Waals surface area (Å²) in [7, 11) is 0. The zero-order valence-electron chi connectivity index (χ0n) is 18.6. The van der Waals surface area contributed by atoms with Crippen molar-refractivity contribution >= 4 is 11.7 Å². The molecule has 2 heterocycles. The normalized spacial score (nSPS) is 19.2. The summed E-state index contributed by atoms with van der Waals surface area (Å²) >= 11 is 0. The highest BCUT2D eigenvalue weighted by Gasteiger charge is 2.26. The van der Waals surface area contributed by atoms with Crippen molar-refractivity contribution in [1.29, 1.82) is 0 Å². The minimum Gasteiger partial charge on any atom is -0.354 e. The number of hydrogen-bond donors (Lipinski definition) is 1. The Morgan fingerprint density at radius 3 is 2.42 bits per heavy atom. The van der Waals surface area contributed by atoms with Crippen molar-refractivity contribution in [3.8, 4) is 0 Å². The molecule has 1 aromatic carbocycles. The van der Waals surface area contributed by atoms with Crippen LogP contribution >= 0.6 is 0 Å². The predicted octanol–water partition coefficient (Wildman–Crippen LogP) is 4.42. The number of nitrogens with zero attached hydrogens (tertiary/aromatic N) is 3. The van der Waals surface area contributed by atoms with E-state index in [-0.39, 0.29) is 11.9 Å². The third-order valence-electron chi connectivity index (χ3n) is 6.82. The Balaban J connectivity index is 1.22. The number of aromatic nitrogens is 1. The van der Waals surface area contributed by atoms with Crippen LogP contribution < -0.4 is 10.2 Å². The number of piperazine rings is 1. The molecule has 2 aliphatic rings. The van der Waals surface area contributed by atoms with E-state index in [2.05, 4.69) is 56.5 Å². The SMILES string of the molecule is O=C(CCCN1CCN(c2ccccn2)CC1)NC(c1ccccc1)C1CCCCC1. The summed E-state index contributed by atoms with van der Waals surface area (Å²) in [5.41, 5.74) is 1.26. The smallest absolute Gasteiger partial charge is 0.220 e. The van der Waals surface area contributed by atoms with Crippen LogP contribution in [0.4, 0.5) is 5.82 Å². The van der Waals surface area contributed by atoms with Crippen molar-refractivity contribution in [3.05, 3.63) is 60.3 Å². The molecule has 0 bridgehead atoms. The summed E-state index contributed by atoms with van der Waals surface area (Å²) in [6, 6.07) is 16.8. The van der Waals surface area contributed by atoms with Gasteiger partial charge >= 0.3 is 0 Å². The Labute approximate surface area is 186 Å². The highest BCUT2D eigenvalue weighted by molar-refractivity contribution is 5.76. The van der Waals surface area contributed by atoms with E-state index >= 15 is 0 Å². The number of hydrogen-bond acceptors (Lipinski definition) is 4.